The summed E-state index contributed by atoms with van der Waals surface area (Å²) < 4.78 is 6.87. The topological polar surface area (TPSA) is 47.3 Å². The van der Waals surface area contributed by atoms with E-state index >= 15 is 0 Å². The van der Waals surface area contributed by atoms with Gasteiger partial charge in [-0.3, -0.25) is 4.68 Å². The Hall–Kier alpha value is -1.36. The second-order valence-corrected chi connectivity index (χ2v) is 5.46. The van der Waals surface area contributed by atoms with Crippen molar-refractivity contribution in [3.8, 4) is 0 Å². The number of aromatic nitrogens is 2. The van der Waals surface area contributed by atoms with Gasteiger partial charge in [0.15, 0.2) is 0 Å². The molecule has 4 nitrogen and oxygen atoms in total. The van der Waals surface area contributed by atoms with E-state index in [-0.39, 0.29) is 0 Å². The van der Waals surface area contributed by atoms with Crippen molar-refractivity contribution >= 4 is 11.6 Å². The van der Waals surface area contributed by atoms with Gasteiger partial charge in [-0.25, -0.2) is 0 Å². The molecule has 1 N–H and O–H groups in total. The average molecular weight is 309 g/mol. The maximum Gasteiger partial charge on any atom is 0.0850 e. The van der Waals surface area contributed by atoms with Crippen LogP contribution in [-0.4, -0.2) is 22.0 Å². The van der Waals surface area contributed by atoms with Gasteiger partial charge >= 0.3 is 0 Å². The van der Waals surface area contributed by atoms with E-state index in [9.17, 15) is 5.11 Å². The molecule has 1 aromatic carbocycles. The monoisotopic (exact) mass is 308 g/mol. The van der Waals surface area contributed by atoms with Crippen LogP contribution in [0.5, 0.6) is 0 Å². The summed E-state index contributed by atoms with van der Waals surface area (Å²) >= 11 is 6.33. The smallest absolute Gasteiger partial charge is 0.0850 e. The maximum atomic E-state index is 10.5. The number of ether oxygens (including phenoxy) is 1. The van der Waals surface area contributed by atoms with Crippen molar-refractivity contribution in [2.45, 2.75) is 32.5 Å². The van der Waals surface area contributed by atoms with Crippen molar-refractivity contribution in [2.24, 2.45) is 7.05 Å². The molecule has 1 heterocycles. The largest absolute Gasteiger partial charge is 0.388 e. The summed E-state index contributed by atoms with van der Waals surface area (Å²) in [5, 5.41) is 15.5. The Balaban J connectivity index is 2.19. The molecular weight excluding hydrogens is 288 g/mol. The lowest BCUT2D eigenvalue weighted by atomic mass is 10.0. The molecule has 0 aliphatic heterocycles. The van der Waals surface area contributed by atoms with E-state index < -0.39 is 6.10 Å². The van der Waals surface area contributed by atoms with Gasteiger partial charge in [0.05, 0.1) is 29.1 Å². The van der Waals surface area contributed by atoms with Gasteiger partial charge in [0.1, 0.15) is 0 Å². The molecule has 0 bridgehead atoms. The third-order valence-corrected chi connectivity index (χ3v) is 3.97. The van der Waals surface area contributed by atoms with Gasteiger partial charge in [0.25, 0.3) is 0 Å². The number of hydrogen-bond donors (Lipinski definition) is 1. The summed E-state index contributed by atoms with van der Waals surface area (Å²) in [6.45, 7) is 2.55. The number of aliphatic hydroxyl groups excluding tert-OH is 1. The molecule has 0 saturated carbocycles. The number of methoxy groups -OCH3 is 1. The highest BCUT2D eigenvalue weighted by molar-refractivity contribution is 6.31. The molecule has 114 valence electrons. The molecule has 0 aliphatic rings. The standard InChI is InChI=1S/C16H21ClN2O2/c1-4-13-16(17)14(19(2)18-13)9-15(20)12-7-5-6-11(8-12)10-21-3/h5-8,15,20H,4,9-10H2,1-3H3. The van der Waals surface area contributed by atoms with Crippen LogP contribution in [0.1, 0.15) is 35.5 Å². The van der Waals surface area contributed by atoms with Crippen LogP contribution in [0, 0.1) is 0 Å². The first-order valence-corrected chi connectivity index (χ1v) is 7.40. The van der Waals surface area contributed by atoms with Crippen LogP contribution in [0.2, 0.25) is 5.02 Å². The fourth-order valence-electron chi connectivity index (χ4n) is 2.40. The Labute approximate surface area is 130 Å². The Morgan fingerprint density at radius 3 is 2.81 bits per heavy atom. The van der Waals surface area contributed by atoms with Crippen molar-refractivity contribution in [2.75, 3.05) is 7.11 Å². The normalized spacial score (nSPS) is 12.6. The Morgan fingerprint density at radius 1 is 1.43 bits per heavy atom. The predicted molar refractivity (Wildman–Crippen MR) is 83.4 cm³/mol. The quantitative estimate of drug-likeness (QED) is 0.892. The van der Waals surface area contributed by atoms with Crippen LogP contribution in [0.25, 0.3) is 0 Å². The SMILES string of the molecule is CCc1nn(C)c(CC(O)c2cccc(COC)c2)c1Cl. The van der Waals surface area contributed by atoms with E-state index in [0.717, 1.165) is 28.9 Å². The molecule has 1 aromatic heterocycles. The zero-order chi connectivity index (χ0) is 15.4. The lowest BCUT2D eigenvalue weighted by Crippen LogP contribution is -2.07. The summed E-state index contributed by atoms with van der Waals surface area (Å²) in [5.74, 6) is 0. The molecule has 5 heteroatoms. The minimum Gasteiger partial charge on any atom is -0.388 e. The highest BCUT2D eigenvalue weighted by Crippen LogP contribution is 2.26. The minimum absolute atomic E-state index is 0.443. The molecule has 0 amide bonds. The first kappa shape index (κ1) is 16.0. The van der Waals surface area contributed by atoms with E-state index in [1.54, 1.807) is 11.8 Å². The lowest BCUT2D eigenvalue weighted by Gasteiger charge is -2.13. The van der Waals surface area contributed by atoms with E-state index in [4.69, 9.17) is 16.3 Å². The van der Waals surface area contributed by atoms with Crippen molar-refractivity contribution in [3.63, 3.8) is 0 Å². The van der Waals surface area contributed by atoms with Gasteiger partial charge in [-0.15, -0.1) is 0 Å². The molecule has 1 unspecified atom stereocenters. The van der Waals surface area contributed by atoms with Gasteiger partial charge in [0.2, 0.25) is 0 Å². The lowest BCUT2D eigenvalue weighted by molar-refractivity contribution is 0.173. The second-order valence-electron chi connectivity index (χ2n) is 5.08. The molecule has 21 heavy (non-hydrogen) atoms. The zero-order valence-electron chi connectivity index (χ0n) is 12.6. The fraction of sp³-hybridized carbons (Fsp3) is 0.438. The van der Waals surface area contributed by atoms with Gasteiger partial charge < -0.3 is 9.84 Å². The van der Waals surface area contributed by atoms with Crippen LogP contribution in [0.3, 0.4) is 0 Å². The molecule has 2 rings (SSSR count). The third kappa shape index (κ3) is 3.64. The van der Waals surface area contributed by atoms with Crippen LogP contribution >= 0.6 is 11.6 Å². The third-order valence-electron chi connectivity index (χ3n) is 3.54. The molecule has 0 saturated heterocycles. The molecule has 0 aliphatic carbocycles. The van der Waals surface area contributed by atoms with E-state index in [0.29, 0.717) is 18.1 Å². The van der Waals surface area contributed by atoms with Crippen LogP contribution in [0.15, 0.2) is 24.3 Å². The molecule has 0 fully saturated rings. The number of rotatable bonds is 6. The number of benzene rings is 1. The molecule has 1 atom stereocenters. The highest BCUT2D eigenvalue weighted by atomic mass is 35.5. The number of hydrogen-bond acceptors (Lipinski definition) is 3. The summed E-state index contributed by atoms with van der Waals surface area (Å²) in [7, 11) is 3.51. The van der Waals surface area contributed by atoms with E-state index in [2.05, 4.69) is 5.10 Å². The first-order chi connectivity index (χ1) is 10.1. The number of nitrogens with zero attached hydrogens (tertiary/aromatic N) is 2. The van der Waals surface area contributed by atoms with Crippen molar-refractivity contribution in [1.29, 1.82) is 0 Å². The maximum absolute atomic E-state index is 10.5. The molecule has 0 spiro atoms. The van der Waals surface area contributed by atoms with Gasteiger partial charge in [-0.05, 0) is 17.5 Å². The zero-order valence-corrected chi connectivity index (χ0v) is 13.4. The molecular formula is C16H21ClN2O2. The van der Waals surface area contributed by atoms with Gasteiger partial charge in [-0.2, -0.15) is 5.10 Å². The molecule has 2 aromatic rings. The van der Waals surface area contributed by atoms with Gasteiger partial charge in [0, 0.05) is 20.6 Å². The Kier molecular flexibility index (Phi) is 5.39. The van der Waals surface area contributed by atoms with E-state index in [1.165, 1.54) is 0 Å². The van der Waals surface area contributed by atoms with Crippen LogP contribution in [0.4, 0.5) is 0 Å². The van der Waals surface area contributed by atoms with Crippen molar-refractivity contribution in [1.82, 2.24) is 9.78 Å². The number of halogens is 1. The minimum atomic E-state index is -0.612. The predicted octanol–water partition coefficient (Wildman–Crippen LogP) is 3.06. The van der Waals surface area contributed by atoms with E-state index in [1.807, 2.05) is 38.2 Å². The molecule has 0 radical (unpaired) electrons. The van der Waals surface area contributed by atoms with Crippen LogP contribution in [-0.2, 0) is 31.2 Å². The summed E-state index contributed by atoms with van der Waals surface area (Å²) in [6, 6.07) is 7.77. The summed E-state index contributed by atoms with van der Waals surface area (Å²) in [5.41, 5.74) is 3.63. The Bertz CT molecular complexity index is 610. The highest BCUT2D eigenvalue weighted by Gasteiger charge is 2.17. The summed E-state index contributed by atoms with van der Waals surface area (Å²) in [6.07, 6.45) is 0.615. The fourth-order valence-corrected chi connectivity index (χ4v) is 2.77. The van der Waals surface area contributed by atoms with Crippen molar-refractivity contribution in [3.05, 3.63) is 51.8 Å². The van der Waals surface area contributed by atoms with Gasteiger partial charge in [-0.1, -0.05) is 42.8 Å². The second kappa shape index (κ2) is 7.07. The Morgan fingerprint density at radius 2 is 2.19 bits per heavy atom. The summed E-state index contributed by atoms with van der Waals surface area (Å²) in [4.78, 5) is 0. The average Bonchev–Trinajstić information content (AvgIpc) is 2.75. The van der Waals surface area contributed by atoms with Crippen LogP contribution < -0.4 is 0 Å². The number of aryl methyl sites for hydroxylation is 2. The van der Waals surface area contributed by atoms with Crippen molar-refractivity contribution < 1.29 is 9.84 Å². The first-order valence-electron chi connectivity index (χ1n) is 7.02. The number of aliphatic hydroxyl groups is 1.